The van der Waals surface area contributed by atoms with E-state index in [-0.39, 0.29) is 6.03 Å². The number of nitrogens with zero attached hydrogens (tertiary/aromatic N) is 3. The molecule has 1 aromatic heterocycles. The van der Waals surface area contributed by atoms with Gasteiger partial charge in [0.2, 0.25) is 0 Å². The van der Waals surface area contributed by atoms with E-state index in [0.717, 1.165) is 62.7 Å². The molecule has 2 aliphatic heterocycles. The van der Waals surface area contributed by atoms with Crippen molar-refractivity contribution < 1.29 is 9.53 Å². The van der Waals surface area contributed by atoms with Crippen LogP contribution in [0.5, 0.6) is 0 Å². The minimum Gasteiger partial charge on any atom is -0.383 e. The summed E-state index contributed by atoms with van der Waals surface area (Å²) in [6.07, 6.45) is 3.20. The molecular formula is C16H26N4O2S. The topological polar surface area (TPSA) is 71.7 Å². The van der Waals surface area contributed by atoms with Gasteiger partial charge in [0.15, 0.2) is 0 Å². The number of hydrogen-bond acceptors (Lipinski definition) is 5. The van der Waals surface area contributed by atoms with Crippen LogP contribution in [-0.4, -0.2) is 60.2 Å². The molecule has 3 rings (SSSR count). The molecule has 2 saturated heterocycles. The number of aromatic nitrogens is 1. The van der Waals surface area contributed by atoms with Crippen molar-refractivity contribution >= 4 is 17.4 Å². The lowest BCUT2D eigenvalue weighted by molar-refractivity contribution is 0.110. The first kappa shape index (κ1) is 16.7. The maximum absolute atomic E-state index is 11.3. The van der Waals surface area contributed by atoms with Crippen LogP contribution in [0.15, 0.2) is 5.38 Å². The van der Waals surface area contributed by atoms with Gasteiger partial charge < -0.3 is 15.4 Å². The molecule has 3 heterocycles. The molecule has 0 aromatic carbocycles. The van der Waals surface area contributed by atoms with Crippen LogP contribution in [0.1, 0.15) is 30.0 Å². The molecule has 0 radical (unpaired) electrons. The Morgan fingerprint density at radius 3 is 2.83 bits per heavy atom. The Morgan fingerprint density at radius 1 is 1.52 bits per heavy atom. The van der Waals surface area contributed by atoms with Crippen LogP contribution in [0, 0.1) is 12.3 Å². The fourth-order valence-electron chi connectivity index (χ4n) is 4.05. The van der Waals surface area contributed by atoms with Crippen molar-refractivity contribution in [1.82, 2.24) is 14.8 Å². The second-order valence-electron chi connectivity index (χ2n) is 6.90. The standard InChI is InChI=1S/C16H26N4O2S/c1-12-18-13(10-23-12)8-20-11-16(7-14(20)9-22-2)3-5-19(6-4-16)15(17)21/h10,14H,3-9,11H2,1-2H3,(H2,17,21)/t14-/m1/s1. The van der Waals surface area contributed by atoms with Crippen molar-refractivity contribution in [2.45, 2.75) is 38.8 Å². The number of carbonyl (C=O) groups is 1. The first-order valence-corrected chi connectivity index (χ1v) is 9.08. The van der Waals surface area contributed by atoms with Crippen LogP contribution in [0.2, 0.25) is 0 Å². The van der Waals surface area contributed by atoms with Gasteiger partial charge in [0.05, 0.1) is 17.3 Å². The van der Waals surface area contributed by atoms with Gasteiger partial charge in [-0.2, -0.15) is 0 Å². The van der Waals surface area contributed by atoms with Crippen molar-refractivity contribution in [2.75, 3.05) is 33.4 Å². The Balaban J connectivity index is 1.67. The smallest absolute Gasteiger partial charge is 0.314 e. The van der Waals surface area contributed by atoms with E-state index in [2.05, 4.69) is 15.3 Å². The van der Waals surface area contributed by atoms with Gasteiger partial charge in [-0.1, -0.05) is 0 Å². The number of hydrogen-bond donors (Lipinski definition) is 1. The van der Waals surface area contributed by atoms with Crippen LogP contribution in [-0.2, 0) is 11.3 Å². The van der Waals surface area contributed by atoms with Crippen molar-refractivity contribution in [1.29, 1.82) is 0 Å². The number of methoxy groups -OCH3 is 1. The molecule has 6 nitrogen and oxygen atoms in total. The molecule has 0 saturated carbocycles. The van der Waals surface area contributed by atoms with Crippen molar-refractivity contribution in [3.05, 3.63) is 16.1 Å². The van der Waals surface area contributed by atoms with E-state index in [9.17, 15) is 4.79 Å². The lowest BCUT2D eigenvalue weighted by Crippen LogP contribution is -2.46. The zero-order chi connectivity index (χ0) is 16.4. The molecule has 2 amide bonds. The van der Waals surface area contributed by atoms with Gasteiger partial charge in [-0.3, -0.25) is 4.90 Å². The highest BCUT2D eigenvalue weighted by Crippen LogP contribution is 2.43. The monoisotopic (exact) mass is 338 g/mol. The average Bonchev–Trinajstić information content (AvgIpc) is 3.05. The van der Waals surface area contributed by atoms with Gasteiger partial charge in [0.25, 0.3) is 0 Å². The highest BCUT2D eigenvalue weighted by Gasteiger charge is 2.45. The number of carbonyl (C=O) groups excluding carboxylic acids is 1. The highest BCUT2D eigenvalue weighted by molar-refractivity contribution is 7.09. The minimum absolute atomic E-state index is 0.291. The maximum atomic E-state index is 11.3. The molecule has 0 bridgehead atoms. The molecule has 0 aliphatic carbocycles. The number of amides is 2. The van der Waals surface area contributed by atoms with E-state index in [0.29, 0.717) is 11.5 Å². The maximum Gasteiger partial charge on any atom is 0.314 e. The number of likely N-dealkylation sites (tertiary alicyclic amines) is 2. The van der Waals surface area contributed by atoms with E-state index >= 15 is 0 Å². The third kappa shape index (κ3) is 3.67. The molecule has 1 atom stereocenters. The van der Waals surface area contributed by atoms with E-state index in [4.69, 9.17) is 10.5 Å². The summed E-state index contributed by atoms with van der Waals surface area (Å²) in [5.74, 6) is 0. The Labute approximate surface area is 141 Å². The second kappa shape index (κ2) is 6.75. The summed E-state index contributed by atoms with van der Waals surface area (Å²) in [5, 5.41) is 3.27. The number of thiazole rings is 1. The van der Waals surface area contributed by atoms with E-state index < -0.39 is 0 Å². The van der Waals surface area contributed by atoms with E-state index in [1.165, 1.54) is 0 Å². The highest BCUT2D eigenvalue weighted by atomic mass is 32.1. The van der Waals surface area contributed by atoms with Crippen molar-refractivity contribution in [2.24, 2.45) is 11.1 Å². The summed E-state index contributed by atoms with van der Waals surface area (Å²) in [4.78, 5) is 20.2. The summed E-state index contributed by atoms with van der Waals surface area (Å²) < 4.78 is 5.45. The second-order valence-corrected chi connectivity index (χ2v) is 7.96. The summed E-state index contributed by atoms with van der Waals surface area (Å²) >= 11 is 1.71. The quantitative estimate of drug-likeness (QED) is 0.909. The first-order chi connectivity index (χ1) is 11.0. The fraction of sp³-hybridized carbons (Fsp3) is 0.750. The predicted octanol–water partition coefficient (Wildman–Crippen LogP) is 1.83. The third-order valence-corrected chi connectivity index (χ3v) is 6.07. The number of aryl methyl sites for hydroxylation is 1. The third-order valence-electron chi connectivity index (χ3n) is 5.25. The Kier molecular flexibility index (Phi) is 4.89. The zero-order valence-corrected chi connectivity index (χ0v) is 14.8. The average molecular weight is 338 g/mol. The Hall–Kier alpha value is -1.18. The number of piperidine rings is 1. The summed E-state index contributed by atoms with van der Waals surface area (Å²) in [7, 11) is 1.77. The lowest BCUT2D eigenvalue weighted by Gasteiger charge is -2.38. The largest absolute Gasteiger partial charge is 0.383 e. The minimum atomic E-state index is -0.291. The van der Waals surface area contributed by atoms with Crippen LogP contribution >= 0.6 is 11.3 Å². The van der Waals surface area contributed by atoms with Gasteiger partial charge in [-0.05, 0) is 31.6 Å². The van der Waals surface area contributed by atoms with Crippen LogP contribution < -0.4 is 5.73 Å². The molecule has 128 valence electrons. The molecule has 0 unspecified atom stereocenters. The lowest BCUT2D eigenvalue weighted by atomic mass is 9.76. The molecule has 2 aliphatic rings. The molecule has 1 spiro atoms. The Bertz CT molecular complexity index is 554. The van der Waals surface area contributed by atoms with Gasteiger partial charge in [0, 0.05) is 44.7 Å². The number of rotatable bonds is 4. The normalized spacial score (nSPS) is 24.4. The van der Waals surface area contributed by atoms with E-state index in [1.54, 1.807) is 23.3 Å². The van der Waals surface area contributed by atoms with Gasteiger partial charge in [-0.25, -0.2) is 9.78 Å². The summed E-state index contributed by atoms with van der Waals surface area (Å²) in [6, 6.07) is 0.142. The molecular weight excluding hydrogens is 312 g/mol. The summed E-state index contributed by atoms with van der Waals surface area (Å²) in [6.45, 7) is 6.30. The number of urea groups is 1. The van der Waals surface area contributed by atoms with Crippen LogP contribution in [0.3, 0.4) is 0 Å². The van der Waals surface area contributed by atoms with Crippen LogP contribution in [0.4, 0.5) is 4.79 Å². The van der Waals surface area contributed by atoms with Gasteiger partial charge >= 0.3 is 6.03 Å². The zero-order valence-electron chi connectivity index (χ0n) is 14.0. The van der Waals surface area contributed by atoms with Crippen molar-refractivity contribution in [3.63, 3.8) is 0 Å². The molecule has 7 heteroatoms. The van der Waals surface area contributed by atoms with Gasteiger partial charge in [0.1, 0.15) is 0 Å². The number of primary amides is 1. The Morgan fingerprint density at radius 2 is 2.26 bits per heavy atom. The first-order valence-electron chi connectivity index (χ1n) is 8.20. The SMILES string of the molecule is COC[C@H]1CC2(CCN(C(N)=O)CC2)CN1Cc1csc(C)n1. The van der Waals surface area contributed by atoms with Crippen LogP contribution in [0.25, 0.3) is 0 Å². The molecule has 23 heavy (non-hydrogen) atoms. The fourth-order valence-corrected chi connectivity index (χ4v) is 4.65. The summed E-state index contributed by atoms with van der Waals surface area (Å²) in [5.41, 5.74) is 6.86. The number of nitrogens with two attached hydrogens (primary N) is 1. The number of ether oxygens (including phenoxy) is 1. The van der Waals surface area contributed by atoms with Crippen molar-refractivity contribution in [3.8, 4) is 0 Å². The van der Waals surface area contributed by atoms with E-state index in [1.807, 2.05) is 6.92 Å². The van der Waals surface area contributed by atoms with Gasteiger partial charge in [-0.15, -0.1) is 11.3 Å². The molecule has 2 fully saturated rings. The predicted molar refractivity (Wildman–Crippen MR) is 90.4 cm³/mol. The molecule has 1 aromatic rings. The molecule has 2 N–H and O–H groups in total.